The maximum absolute atomic E-state index is 13.1. The van der Waals surface area contributed by atoms with Gasteiger partial charge in [-0.25, -0.2) is 9.78 Å². The first-order chi connectivity index (χ1) is 20.9. The molecule has 7 rings (SSSR count). The van der Waals surface area contributed by atoms with Crippen LogP contribution in [0.1, 0.15) is 77.1 Å². The Morgan fingerprint density at radius 1 is 0.907 bits per heavy atom. The van der Waals surface area contributed by atoms with Gasteiger partial charge in [0.25, 0.3) is 5.91 Å². The van der Waals surface area contributed by atoms with Crippen LogP contribution in [0, 0.1) is 0 Å². The van der Waals surface area contributed by atoms with Crippen molar-refractivity contribution in [2.45, 2.75) is 50.0 Å². The molecule has 4 aromatic rings. The predicted molar refractivity (Wildman–Crippen MR) is 162 cm³/mol. The summed E-state index contributed by atoms with van der Waals surface area (Å²) in [7, 11) is 0. The van der Waals surface area contributed by atoms with Crippen molar-refractivity contribution in [2.24, 2.45) is 0 Å². The van der Waals surface area contributed by atoms with Crippen LogP contribution in [0.2, 0.25) is 5.02 Å². The summed E-state index contributed by atoms with van der Waals surface area (Å²) in [6.07, 6.45) is 2.80. The molecule has 8 nitrogen and oxygen atoms in total. The zero-order valence-corrected chi connectivity index (χ0v) is 24.0. The summed E-state index contributed by atoms with van der Waals surface area (Å²) in [5.41, 5.74) is 4.97. The highest BCUT2D eigenvalue weighted by molar-refractivity contribution is 6.30. The van der Waals surface area contributed by atoms with E-state index in [-0.39, 0.29) is 5.91 Å². The summed E-state index contributed by atoms with van der Waals surface area (Å²) >= 11 is 6.01. The number of carbonyl (C=O) groups is 2. The van der Waals surface area contributed by atoms with Crippen molar-refractivity contribution in [3.63, 3.8) is 0 Å². The average molecular weight is 597 g/mol. The summed E-state index contributed by atoms with van der Waals surface area (Å²) in [6, 6.07) is 21.9. The quantitative estimate of drug-likeness (QED) is 0.196. The number of anilines is 1. The molecule has 0 saturated heterocycles. The Bertz CT molecular complexity index is 1700. The number of halogens is 1. The SMILES string of the molecule is O=C(O)OC1CCOc2c1cc(C1CC1)c(Oc1ccc(C(=O)Nc3cccc(-c4ccc(Cl)cc4)n3)cc1)c2C1CC1. The van der Waals surface area contributed by atoms with Crippen LogP contribution in [0.15, 0.2) is 72.8 Å². The molecule has 9 heteroatoms. The summed E-state index contributed by atoms with van der Waals surface area (Å²) in [5.74, 6) is 2.91. The van der Waals surface area contributed by atoms with E-state index in [2.05, 4.69) is 10.3 Å². The molecule has 3 aliphatic rings. The number of ether oxygens (including phenoxy) is 3. The molecule has 1 unspecified atom stereocenters. The normalized spacial score (nSPS) is 17.4. The third-order valence-electron chi connectivity index (χ3n) is 8.01. The summed E-state index contributed by atoms with van der Waals surface area (Å²) in [4.78, 5) is 29.0. The average Bonchev–Trinajstić information content (AvgIpc) is 3.92. The molecule has 2 fully saturated rings. The van der Waals surface area contributed by atoms with Crippen LogP contribution >= 0.6 is 11.6 Å². The van der Waals surface area contributed by atoms with Crippen LogP contribution in [0.4, 0.5) is 10.6 Å². The zero-order chi connectivity index (χ0) is 29.5. The molecule has 2 saturated carbocycles. The summed E-state index contributed by atoms with van der Waals surface area (Å²) in [6.45, 7) is 0.383. The number of carboxylic acid groups (broad SMARTS) is 1. The molecule has 1 aliphatic heterocycles. The van der Waals surface area contributed by atoms with Gasteiger partial charge in [0.1, 0.15) is 29.2 Å². The third kappa shape index (κ3) is 5.88. The van der Waals surface area contributed by atoms with Crippen molar-refractivity contribution in [3.8, 4) is 28.5 Å². The maximum Gasteiger partial charge on any atom is 0.506 e. The molecule has 1 atom stereocenters. The minimum atomic E-state index is -1.28. The number of fused-ring (bicyclic) bond motifs is 1. The zero-order valence-electron chi connectivity index (χ0n) is 23.2. The number of hydrogen-bond acceptors (Lipinski definition) is 6. The second kappa shape index (κ2) is 11.3. The number of aromatic nitrogens is 1. The molecular formula is C34H29ClN2O6. The maximum atomic E-state index is 13.1. The fraction of sp³-hybridized carbons (Fsp3) is 0.265. The highest BCUT2D eigenvalue weighted by atomic mass is 35.5. The lowest BCUT2D eigenvalue weighted by atomic mass is 9.91. The third-order valence-corrected chi connectivity index (χ3v) is 8.26. The molecule has 43 heavy (non-hydrogen) atoms. The topological polar surface area (TPSA) is 107 Å². The van der Waals surface area contributed by atoms with Crippen molar-refractivity contribution in [3.05, 3.63) is 100 Å². The molecule has 2 aliphatic carbocycles. The van der Waals surface area contributed by atoms with Gasteiger partial charge >= 0.3 is 6.16 Å². The van der Waals surface area contributed by atoms with Crippen molar-refractivity contribution < 1.29 is 28.9 Å². The van der Waals surface area contributed by atoms with Crippen LogP contribution < -0.4 is 14.8 Å². The highest BCUT2D eigenvalue weighted by Gasteiger charge is 2.40. The number of nitrogens with zero attached hydrogens (tertiary/aromatic N) is 1. The van der Waals surface area contributed by atoms with Gasteiger partial charge in [-0.2, -0.15) is 0 Å². The van der Waals surface area contributed by atoms with Crippen LogP contribution in [0.5, 0.6) is 17.2 Å². The van der Waals surface area contributed by atoms with Gasteiger partial charge in [-0.15, -0.1) is 0 Å². The molecule has 0 bridgehead atoms. The number of nitrogens with one attached hydrogen (secondary N) is 1. The Labute approximate surface area is 253 Å². The molecule has 2 N–H and O–H groups in total. The van der Waals surface area contributed by atoms with Crippen molar-refractivity contribution in [1.29, 1.82) is 0 Å². The minimum Gasteiger partial charge on any atom is -0.493 e. The Morgan fingerprint density at radius 2 is 1.65 bits per heavy atom. The van der Waals surface area contributed by atoms with Gasteiger partial charge in [0.2, 0.25) is 0 Å². The number of hydrogen-bond donors (Lipinski definition) is 2. The minimum absolute atomic E-state index is 0.281. The largest absolute Gasteiger partial charge is 0.506 e. The monoisotopic (exact) mass is 596 g/mol. The Morgan fingerprint density at radius 3 is 2.35 bits per heavy atom. The standard InChI is InChI=1S/C34H29ClN2O6/c35-23-12-8-20(9-13-23)27-2-1-3-29(36-27)37-33(38)22-10-14-24(15-11-22)42-32-25(19-4-5-19)18-26-28(43-34(39)40)16-17-41-31(26)30(32)21-6-7-21/h1-3,8-15,18-19,21,28H,4-7,16-17H2,(H,39,40)(H,36,37,38). The molecule has 218 valence electrons. The van der Waals surface area contributed by atoms with Gasteiger partial charge < -0.3 is 24.6 Å². The molecule has 1 amide bonds. The fourth-order valence-corrected chi connectivity index (χ4v) is 5.73. The number of pyridine rings is 1. The Kier molecular flexibility index (Phi) is 7.15. The summed E-state index contributed by atoms with van der Waals surface area (Å²) < 4.78 is 17.9. The fourth-order valence-electron chi connectivity index (χ4n) is 5.60. The Hall–Kier alpha value is -4.56. The van der Waals surface area contributed by atoms with Crippen LogP contribution in [0.25, 0.3) is 11.3 Å². The first kappa shape index (κ1) is 27.3. The Balaban J connectivity index is 1.13. The lowest BCUT2D eigenvalue weighted by molar-refractivity contribution is 0.0323. The van der Waals surface area contributed by atoms with E-state index in [1.54, 1.807) is 42.5 Å². The van der Waals surface area contributed by atoms with E-state index in [1.807, 2.05) is 30.3 Å². The van der Waals surface area contributed by atoms with Crippen LogP contribution in [0.3, 0.4) is 0 Å². The van der Waals surface area contributed by atoms with Gasteiger partial charge in [-0.1, -0.05) is 29.8 Å². The van der Waals surface area contributed by atoms with Crippen molar-refractivity contribution >= 4 is 29.5 Å². The second-order valence-corrected chi connectivity index (χ2v) is 11.6. The van der Waals surface area contributed by atoms with Gasteiger partial charge in [0, 0.05) is 33.7 Å². The second-order valence-electron chi connectivity index (χ2n) is 11.2. The van der Waals surface area contributed by atoms with E-state index in [0.717, 1.165) is 59.4 Å². The highest BCUT2D eigenvalue weighted by Crippen LogP contribution is 2.58. The van der Waals surface area contributed by atoms with E-state index in [9.17, 15) is 14.7 Å². The molecule has 0 radical (unpaired) electrons. The first-order valence-corrected chi connectivity index (χ1v) is 14.9. The van der Waals surface area contributed by atoms with E-state index in [0.29, 0.717) is 52.8 Å². The lowest BCUT2D eigenvalue weighted by Crippen LogP contribution is -2.20. The van der Waals surface area contributed by atoms with Crippen LogP contribution in [-0.4, -0.2) is 28.8 Å². The first-order valence-electron chi connectivity index (χ1n) is 14.5. The number of amides is 1. The van der Waals surface area contributed by atoms with Gasteiger partial charge in [-0.05, 0) is 97.7 Å². The van der Waals surface area contributed by atoms with Gasteiger partial charge in [0.15, 0.2) is 0 Å². The van der Waals surface area contributed by atoms with Gasteiger partial charge in [-0.3, -0.25) is 4.79 Å². The summed E-state index contributed by atoms with van der Waals surface area (Å²) in [5, 5.41) is 12.8. The van der Waals surface area contributed by atoms with E-state index < -0.39 is 12.3 Å². The molecule has 1 aromatic heterocycles. The lowest BCUT2D eigenvalue weighted by Gasteiger charge is -2.29. The molecule has 3 aromatic carbocycles. The smallest absolute Gasteiger partial charge is 0.493 e. The van der Waals surface area contributed by atoms with E-state index >= 15 is 0 Å². The number of carbonyl (C=O) groups excluding carboxylic acids is 1. The van der Waals surface area contributed by atoms with Gasteiger partial charge in [0.05, 0.1) is 12.3 Å². The van der Waals surface area contributed by atoms with Crippen LogP contribution in [-0.2, 0) is 4.74 Å². The van der Waals surface area contributed by atoms with E-state index in [4.69, 9.17) is 25.8 Å². The number of benzene rings is 3. The molecule has 2 heterocycles. The van der Waals surface area contributed by atoms with E-state index in [1.165, 1.54) is 0 Å². The molecular weight excluding hydrogens is 568 g/mol. The van der Waals surface area contributed by atoms with Crippen molar-refractivity contribution in [1.82, 2.24) is 4.98 Å². The van der Waals surface area contributed by atoms with Crippen molar-refractivity contribution in [2.75, 3.05) is 11.9 Å². The molecule has 0 spiro atoms. The predicted octanol–water partition coefficient (Wildman–Crippen LogP) is 8.72. The number of rotatable bonds is 8.